The monoisotopic (exact) mass is 520 g/mol. The number of halogens is 2. The first-order valence-corrected chi connectivity index (χ1v) is 12.2. The first-order chi connectivity index (χ1) is 15.3. The molecule has 32 heavy (non-hydrogen) atoms. The molecule has 7 heteroatoms. The quantitative estimate of drug-likeness (QED) is 0.488. The van der Waals surface area contributed by atoms with E-state index in [4.69, 9.17) is 16.3 Å². The SMILES string of the molecule is Cc1cc(OCC(=O)N(Cc2ccc(Br)cc2)[C@H](C)C(=O)NC2CCCCC2)ccc1Cl. The lowest BCUT2D eigenvalue weighted by atomic mass is 9.95. The van der Waals surface area contributed by atoms with Crippen molar-refractivity contribution in [3.63, 3.8) is 0 Å². The second-order valence-corrected chi connectivity index (χ2v) is 9.69. The van der Waals surface area contributed by atoms with Crippen molar-refractivity contribution in [3.05, 3.63) is 63.1 Å². The van der Waals surface area contributed by atoms with Gasteiger partial charge in [0.2, 0.25) is 5.91 Å². The van der Waals surface area contributed by atoms with Crippen molar-refractivity contribution in [3.8, 4) is 5.75 Å². The molecule has 2 amide bonds. The lowest BCUT2D eigenvalue weighted by molar-refractivity contribution is -0.142. The third-order valence-electron chi connectivity index (χ3n) is 5.88. The number of amides is 2. The van der Waals surface area contributed by atoms with Crippen LogP contribution >= 0.6 is 27.5 Å². The molecule has 1 N–H and O–H groups in total. The largest absolute Gasteiger partial charge is 0.484 e. The van der Waals surface area contributed by atoms with Crippen LogP contribution in [-0.4, -0.2) is 35.4 Å². The van der Waals surface area contributed by atoms with Crippen molar-refractivity contribution in [2.24, 2.45) is 0 Å². The third-order valence-corrected chi connectivity index (χ3v) is 6.83. The van der Waals surface area contributed by atoms with E-state index in [-0.39, 0.29) is 24.5 Å². The fourth-order valence-corrected chi connectivity index (χ4v) is 4.25. The Balaban J connectivity index is 1.70. The molecule has 0 heterocycles. The molecule has 0 radical (unpaired) electrons. The highest BCUT2D eigenvalue weighted by atomic mass is 79.9. The summed E-state index contributed by atoms with van der Waals surface area (Å²) >= 11 is 9.51. The van der Waals surface area contributed by atoms with Crippen LogP contribution in [0, 0.1) is 6.92 Å². The highest BCUT2D eigenvalue weighted by Gasteiger charge is 2.28. The Morgan fingerprint density at radius 1 is 1.16 bits per heavy atom. The van der Waals surface area contributed by atoms with Crippen molar-refractivity contribution in [1.82, 2.24) is 10.2 Å². The molecular formula is C25H30BrClN2O3. The average Bonchev–Trinajstić information content (AvgIpc) is 2.79. The number of aryl methyl sites for hydroxylation is 1. The van der Waals surface area contributed by atoms with Gasteiger partial charge < -0.3 is 15.0 Å². The van der Waals surface area contributed by atoms with Gasteiger partial charge in [-0.15, -0.1) is 0 Å². The first kappa shape index (κ1) is 24.6. The third kappa shape index (κ3) is 6.97. The zero-order valence-electron chi connectivity index (χ0n) is 18.6. The van der Waals surface area contributed by atoms with Crippen molar-refractivity contribution < 1.29 is 14.3 Å². The minimum atomic E-state index is -0.608. The fourth-order valence-electron chi connectivity index (χ4n) is 3.87. The van der Waals surface area contributed by atoms with Gasteiger partial charge in [0.1, 0.15) is 11.8 Å². The van der Waals surface area contributed by atoms with Crippen LogP contribution in [0.15, 0.2) is 46.9 Å². The molecule has 0 bridgehead atoms. The van der Waals surface area contributed by atoms with Gasteiger partial charge in [-0.05, 0) is 68.1 Å². The molecule has 0 aromatic heterocycles. The normalized spacial score (nSPS) is 15.1. The maximum atomic E-state index is 13.2. The summed E-state index contributed by atoms with van der Waals surface area (Å²) in [7, 11) is 0. The van der Waals surface area contributed by atoms with Crippen LogP contribution in [-0.2, 0) is 16.1 Å². The molecule has 2 aromatic rings. The molecule has 1 fully saturated rings. The average molecular weight is 522 g/mol. The molecule has 5 nitrogen and oxygen atoms in total. The summed E-state index contributed by atoms with van der Waals surface area (Å²) in [6.45, 7) is 3.84. The zero-order chi connectivity index (χ0) is 23.1. The van der Waals surface area contributed by atoms with E-state index in [2.05, 4.69) is 21.2 Å². The Kier molecular flexibility index (Phi) is 9.00. The molecule has 1 aliphatic rings. The lowest BCUT2D eigenvalue weighted by Crippen LogP contribution is -2.51. The van der Waals surface area contributed by atoms with E-state index in [0.29, 0.717) is 17.3 Å². The van der Waals surface area contributed by atoms with Crippen LogP contribution in [0.2, 0.25) is 5.02 Å². The second-order valence-electron chi connectivity index (χ2n) is 8.37. The van der Waals surface area contributed by atoms with Crippen LogP contribution in [0.3, 0.4) is 0 Å². The summed E-state index contributed by atoms with van der Waals surface area (Å²) < 4.78 is 6.69. The van der Waals surface area contributed by atoms with Gasteiger partial charge in [-0.1, -0.05) is 58.9 Å². The molecular weight excluding hydrogens is 492 g/mol. The molecule has 2 aromatic carbocycles. The number of hydrogen-bond donors (Lipinski definition) is 1. The maximum Gasteiger partial charge on any atom is 0.261 e. The van der Waals surface area contributed by atoms with Crippen LogP contribution < -0.4 is 10.1 Å². The smallest absolute Gasteiger partial charge is 0.261 e. The summed E-state index contributed by atoms with van der Waals surface area (Å²) in [5.41, 5.74) is 1.82. The van der Waals surface area contributed by atoms with Gasteiger partial charge in [0, 0.05) is 22.1 Å². The van der Waals surface area contributed by atoms with Crippen molar-refractivity contribution in [2.75, 3.05) is 6.61 Å². The van der Waals surface area contributed by atoms with E-state index in [1.807, 2.05) is 31.2 Å². The summed E-state index contributed by atoms with van der Waals surface area (Å²) in [5, 5.41) is 3.79. The van der Waals surface area contributed by atoms with Gasteiger partial charge in [-0.25, -0.2) is 0 Å². The predicted molar refractivity (Wildman–Crippen MR) is 131 cm³/mol. The first-order valence-electron chi connectivity index (χ1n) is 11.1. The Bertz CT molecular complexity index is 929. The number of hydrogen-bond acceptors (Lipinski definition) is 3. The minimum absolute atomic E-state index is 0.121. The molecule has 172 valence electrons. The molecule has 3 rings (SSSR count). The molecule has 1 atom stereocenters. The fraction of sp³-hybridized carbons (Fsp3) is 0.440. The number of benzene rings is 2. The minimum Gasteiger partial charge on any atom is -0.484 e. The maximum absolute atomic E-state index is 13.2. The van der Waals surface area contributed by atoms with Gasteiger partial charge in [-0.2, -0.15) is 0 Å². The number of carbonyl (C=O) groups excluding carboxylic acids is 2. The molecule has 0 aliphatic heterocycles. The Morgan fingerprint density at radius 2 is 1.84 bits per heavy atom. The summed E-state index contributed by atoms with van der Waals surface area (Å²) in [5.74, 6) is 0.208. The van der Waals surface area contributed by atoms with Crippen molar-refractivity contribution in [2.45, 2.75) is 64.6 Å². The van der Waals surface area contributed by atoms with E-state index >= 15 is 0 Å². The highest BCUT2D eigenvalue weighted by molar-refractivity contribution is 9.10. The van der Waals surface area contributed by atoms with Crippen LogP contribution in [0.5, 0.6) is 5.75 Å². The Morgan fingerprint density at radius 3 is 2.50 bits per heavy atom. The van der Waals surface area contributed by atoms with Crippen LogP contribution in [0.1, 0.15) is 50.2 Å². The van der Waals surface area contributed by atoms with Gasteiger partial charge >= 0.3 is 0 Å². The Labute approximate surface area is 203 Å². The second kappa shape index (κ2) is 11.7. The molecule has 1 aliphatic carbocycles. The number of ether oxygens (including phenoxy) is 1. The standard InChI is InChI=1S/C25H30BrClN2O3/c1-17-14-22(12-13-23(17)27)32-16-24(30)29(15-19-8-10-20(26)11-9-19)18(2)25(31)28-21-6-4-3-5-7-21/h8-14,18,21H,3-7,15-16H2,1-2H3,(H,28,31)/t18-/m1/s1. The molecule has 0 spiro atoms. The van der Waals surface area contributed by atoms with E-state index in [1.165, 1.54) is 6.42 Å². The van der Waals surface area contributed by atoms with Crippen LogP contribution in [0.25, 0.3) is 0 Å². The Hall–Kier alpha value is -2.05. The van der Waals surface area contributed by atoms with E-state index in [0.717, 1.165) is 41.3 Å². The van der Waals surface area contributed by atoms with Crippen molar-refractivity contribution >= 4 is 39.3 Å². The van der Waals surface area contributed by atoms with Gasteiger partial charge in [0.05, 0.1) is 0 Å². The molecule has 1 saturated carbocycles. The zero-order valence-corrected chi connectivity index (χ0v) is 20.9. The van der Waals surface area contributed by atoms with Crippen LogP contribution in [0.4, 0.5) is 0 Å². The number of carbonyl (C=O) groups is 2. The number of nitrogens with one attached hydrogen (secondary N) is 1. The number of nitrogens with zero attached hydrogens (tertiary/aromatic N) is 1. The summed E-state index contributed by atoms with van der Waals surface area (Å²) in [6.07, 6.45) is 5.48. The van der Waals surface area contributed by atoms with Gasteiger partial charge in [0.15, 0.2) is 6.61 Å². The topological polar surface area (TPSA) is 58.6 Å². The van der Waals surface area contributed by atoms with Gasteiger partial charge in [0.25, 0.3) is 5.91 Å². The summed E-state index contributed by atoms with van der Waals surface area (Å²) in [4.78, 5) is 27.7. The van der Waals surface area contributed by atoms with Crippen molar-refractivity contribution in [1.29, 1.82) is 0 Å². The van der Waals surface area contributed by atoms with E-state index < -0.39 is 6.04 Å². The van der Waals surface area contributed by atoms with Gasteiger partial charge in [-0.3, -0.25) is 9.59 Å². The van der Waals surface area contributed by atoms with E-state index in [1.54, 1.807) is 30.0 Å². The molecule has 0 saturated heterocycles. The predicted octanol–water partition coefficient (Wildman–Crippen LogP) is 5.66. The summed E-state index contributed by atoms with van der Waals surface area (Å²) in [6, 6.07) is 12.6. The highest BCUT2D eigenvalue weighted by Crippen LogP contribution is 2.22. The lowest BCUT2D eigenvalue weighted by Gasteiger charge is -2.31. The number of rotatable bonds is 8. The molecule has 0 unspecified atom stereocenters. The van der Waals surface area contributed by atoms with E-state index in [9.17, 15) is 9.59 Å².